The molecule has 0 saturated heterocycles. The van der Waals surface area contributed by atoms with Gasteiger partial charge >= 0.3 is 12.1 Å². The van der Waals surface area contributed by atoms with Crippen molar-refractivity contribution < 1.29 is 31.9 Å². The van der Waals surface area contributed by atoms with Crippen molar-refractivity contribution >= 4 is 5.97 Å². The molecule has 0 amide bonds. The van der Waals surface area contributed by atoms with Crippen LogP contribution in [0, 0.1) is 0 Å². The average molecular weight is 314 g/mol. The Labute approximate surface area is 124 Å². The maximum atomic E-state index is 12.5. The normalized spacial score (nSPS) is 12.7. The second kappa shape index (κ2) is 6.55. The van der Waals surface area contributed by atoms with Crippen molar-refractivity contribution in [3.63, 3.8) is 0 Å². The van der Waals surface area contributed by atoms with Crippen LogP contribution in [0.2, 0.25) is 0 Å². The summed E-state index contributed by atoms with van der Waals surface area (Å²) in [5.74, 6) is -0.767. The molecule has 7 heteroatoms. The molecule has 1 heterocycles. The van der Waals surface area contributed by atoms with E-state index in [1.54, 1.807) is 12.1 Å². The molecule has 0 saturated carbocycles. The summed E-state index contributed by atoms with van der Waals surface area (Å²) in [6, 6.07) is 7.42. The lowest BCUT2D eigenvalue weighted by Gasteiger charge is -2.14. The third kappa shape index (κ3) is 3.81. The quantitative estimate of drug-likeness (QED) is 0.791. The first-order valence-electron chi connectivity index (χ1n) is 6.33. The number of carbonyl (C=O) groups excluding carboxylic acids is 1. The van der Waals surface area contributed by atoms with Crippen molar-refractivity contribution in [2.24, 2.45) is 0 Å². The highest BCUT2D eigenvalue weighted by molar-refractivity contribution is 5.77. The minimum absolute atomic E-state index is 0.106. The SMILES string of the molecule is COC(=O)C(COc1ccc(C(F)(F)F)cc1)c1ccco1. The molecule has 1 aromatic heterocycles. The maximum absolute atomic E-state index is 12.5. The van der Waals surface area contributed by atoms with Crippen LogP contribution < -0.4 is 4.74 Å². The third-order valence-corrected chi connectivity index (χ3v) is 2.97. The molecule has 0 spiro atoms. The van der Waals surface area contributed by atoms with Gasteiger partial charge in [-0.15, -0.1) is 0 Å². The molecule has 1 unspecified atom stereocenters. The minimum Gasteiger partial charge on any atom is -0.492 e. The van der Waals surface area contributed by atoms with Crippen LogP contribution in [0.4, 0.5) is 13.2 Å². The summed E-state index contributed by atoms with van der Waals surface area (Å²) in [5.41, 5.74) is -0.768. The number of alkyl halides is 3. The van der Waals surface area contributed by atoms with Crippen LogP contribution >= 0.6 is 0 Å². The number of carbonyl (C=O) groups is 1. The molecule has 0 fully saturated rings. The Balaban J connectivity index is 2.05. The van der Waals surface area contributed by atoms with Gasteiger partial charge in [0.1, 0.15) is 24.0 Å². The molecule has 1 aromatic carbocycles. The number of halogens is 3. The first-order chi connectivity index (χ1) is 10.4. The predicted molar refractivity (Wildman–Crippen MR) is 70.4 cm³/mol. The predicted octanol–water partition coefficient (Wildman–Crippen LogP) is 3.63. The van der Waals surface area contributed by atoms with E-state index in [-0.39, 0.29) is 12.4 Å². The fraction of sp³-hybridized carbons (Fsp3) is 0.267. The summed E-state index contributed by atoms with van der Waals surface area (Å²) in [4.78, 5) is 11.7. The summed E-state index contributed by atoms with van der Waals surface area (Å²) in [6.45, 7) is -0.106. The van der Waals surface area contributed by atoms with Crippen LogP contribution in [0.1, 0.15) is 17.2 Å². The zero-order chi connectivity index (χ0) is 16.2. The Morgan fingerprint density at radius 1 is 1.23 bits per heavy atom. The van der Waals surface area contributed by atoms with Crippen LogP contribution in [0.25, 0.3) is 0 Å². The van der Waals surface area contributed by atoms with E-state index in [1.807, 2.05) is 0 Å². The molecule has 0 aliphatic carbocycles. The van der Waals surface area contributed by atoms with Crippen LogP contribution in [-0.4, -0.2) is 19.7 Å². The smallest absolute Gasteiger partial charge is 0.416 e. The van der Waals surface area contributed by atoms with Crippen LogP contribution in [0.3, 0.4) is 0 Å². The molecule has 0 aliphatic heterocycles. The molecule has 0 aliphatic rings. The van der Waals surface area contributed by atoms with Gasteiger partial charge < -0.3 is 13.9 Å². The van der Waals surface area contributed by atoms with Crippen molar-refractivity contribution in [2.75, 3.05) is 13.7 Å². The van der Waals surface area contributed by atoms with Crippen molar-refractivity contribution in [2.45, 2.75) is 12.1 Å². The molecule has 22 heavy (non-hydrogen) atoms. The summed E-state index contributed by atoms with van der Waals surface area (Å²) in [7, 11) is 1.23. The van der Waals surface area contributed by atoms with E-state index in [4.69, 9.17) is 9.15 Å². The summed E-state index contributed by atoms with van der Waals surface area (Å²) < 4.78 is 52.5. The number of furan rings is 1. The zero-order valence-electron chi connectivity index (χ0n) is 11.6. The Hall–Kier alpha value is -2.44. The van der Waals surface area contributed by atoms with Gasteiger partial charge in [0.2, 0.25) is 0 Å². The van der Waals surface area contributed by atoms with Crippen LogP contribution in [0.5, 0.6) is 5.75 Å². The van der Waals surface area contributed by atoms with Crippen molar-refractivity contribution in [1.29, 1.82) is 0 Å². The standard InChI is InChI=1S/C15H13F3O4/c1-20-14(19)12(13-3-2-8-21-13)9-22-11-6-4-10(5-7-11)15(16,17)18/h2-8,12H,9H2,1H3. The van der Waals surface area contributed by atoms with Gasteiger partial charge in [-0.25, -0.2) is 0 Å². The number of hydrogen-bond donors (Lipinski definition) is 0. The topological polar surface area (TPSA) is 48.7 Å². The van der Waals surface area contributed by atoms with E-state index in [9.17, 15) is 18.0 Å². The van der Waals surface area contributed by atoms with Crippen LogP contribution in [0.15, 0.2) is 47.1 Å². The number of ether oxygens (including phenoxy) is 2. The first kappa shape index (κ1) is 15.9. The number of methoxy groups -OCH3 is 1. The van der Waals surface area contributed by atoms with E-state index in [2.05, 4.69) is 4.74 Å². The van der Waals surface area contributed by atoms with Crippen molar-refractivity contribution in [3.8, 4) is 5.75 Å². The third-order valence-electron chi connectivity index (χ3n) is 2.97. The second-order valence-corrected chi connectivity index (χ2v) is 4.42. The van der Waals surface area contributed by atoms with Gasteiger partial charge in [0.05, 0.1) is 18.9 Å². The van der Waals surface area contributed by atoms with Gasteiger partial charge in [-0.2, -0.15) is 13.2 Å². The molecule has 0 N–H and O–H groups in total. The Kier molecular flexibility index (Phi) is 4.75. The van der Waals surface area contributed by atoms with E-state index in [0.29, 0.717) is 5.76 Å². The molecule has 2 rings (SSSR count). The molecular formula is C15H13F3O4. The summed E-state index contributed by atoms with van der Waals surface area (Å²) >= 11 is 0. The van der Waals surface area contributed by atoms with Gasteiger partial charge in [0, 0.05) is 0 Å². The second-order valence-electron chi connectivity index (χ2n) is 4.42. The highest BCUT2D eigenvalue weighted by atomic mass is 19.4. The first-order valence-corrected chi connectivity index (χ1v) is 6.33. The Morgan fingerprint density at radius 3 is 2.41 bits per heavy atom. The fourth-order valence-electron chi connectivity index (χ4n) is 1.82. The molecule has 0 radical (unpaired) electrons. The molecule has 0 bridgehead atoms. The van der Waals surface area contributed by atoms with Gasteiger partial charge in [0.25, 0.3) is 0 Å². The lowest BCUT2D eigenvalue weighted by Crippen LogP contribution is -2.20. The summed E-state index contributed by atoms with van der Waals surface area (Å²) in [6.07, 6.45) is -3.00. The van der Waals surface area contributed by atoms with Crippen LogP contribution in [-0.2, 0) is 15.7 Å². The number of benzene rings is 1. The Bertz CT molecular complexity index is 603. The number of esters is 1. The zero-order valence-corrected chi connectivity index (χ0v) is 11.6. The fourth-order valence-corrected chi connectivity index (χ4v) is 1.82. The largest absolute Gasteiger partial charge is 0.492 e. The highest BCUT2D eigenvalue weighted by Gasteiger charge is 2.30. The summed E-state index contributed by atoms with van der Waals surface area (Å²) in [5, 5.41) is 0. The van der Waals surface area contributed by atoms with Gasteiger partial charge in [-0.05, 0) is 36.4 Å². The van der Waals surface area contributed by atoms with Gasteiger partial charge in [0.15, 0.2) is 0 Å². The van der Waals surface area contributed by atoms with Gasteiger partial charge in [-0.1, -0.05) is 0 Å². The molecule has 118 valence electrons. The van der Waals surface area contributed by atoms with E-state index in [0.717, 1.165) is 12.1 Å². The maximum Gasteiger partial charge on any atom is 0.416 e. The molecular weight excluding hydrogens is 301 g/mol. The molecule has 1 atom stereocenters. The Morgan fingerprint density at radius 2 is 1.91 bits per heavy atom. The highest BCUT2D eigenvalue weighted by Crippen LogP contribution is 2.30. The average Bonchev–Trinajstić information content (AvgIpc) is 3.01. The number of rotatable bonds is 5. The monoisotopic (exact) mass is 314 g/mol. The molecule has 4 nitrogen and oxygen atoms in total. The lowest BCUT2D eigenvalue weighted by molar-refractivity contribution is -0.143. The van der Waals surface area contributed by atoms with E-state index < -0.39 is 23.6 Å². The minimum atomic E-state index is -4.40. The van der Waals surface area contributed by atoms with Gasteiger partial charge in [-0.3, -0.25) is 4.79 Å². The van der Waals surface area contributed by atoms with Crippen molar-refractivity contribution in [3.05, 3.63) is 54.0 Å². The van der Waals surface area contributed by atoms with E-state index >= 15 is 0 Å². The number of hydrogen-bond acceptors (Lipinski definition) is 4. The lowest BCUT2D eigenvalue weighted by atomic mass is 10.1. The van der Waals surface area contributed by atoms with E-state index in [1.165, 1.54) is 25.5 Å². The van der Waals surface area contributed by atoms with Crippen molar-refractivity contribution in [1.82, 2.24) is 0 Å². The molecule has 2 aromatic rings.